The van der Waals surface area contributed by atoms with Crippen LogP contribution < -0.4 is 29.6 Å². The van der Waals surface area contributed by atoms with E-state index in [2.05, 4.69) is 11.1 Å². The molecule has 0 saturated heterocycles. The summed E-state index contributed by atoms with van der Waals surface area (Å²) in [6.07, 6.45) is 9.43. The van der Waals surface area contributed by atoms with E-state index in [1.54, 1.807) is 0 Å². The Hall–Kier alpha value is 1.18. The SMILES string of the molecule is CCCCCCCCCC[S+]([O-])CCOS(=O)(=O)[O-].[Na+]. The summed E-state index contributed by atoms with van der Waals surface area (Å²) in [5.41, 5.74) is 0. The summed E-state index contributed by atoms with van der Waals surface area (Å²) in [5.74, 6) is 0.662. The minimum Gasteiger partial charge on any atom is -0.726 e. The van der Waals surface area contributed by atoms with E-state index in [4.69, 9.17) is 0 Å². The van der Waals surface area contributed by atoms with Crippen molar-refractivity contribution >= 4 is 21.6 Å². The van der Waals surface area contributed by atoms with Crippen molar-refractivity contribution in [3.63, 3.8) is 0 Å². The third kappa shape index (κ3) is 19.2. The van der Waals surface area contributed by atoms with Crippen LogP contribution in [0.25, 0.3) is 0 Å². The maximum atomic E-state index is 11.4. The Morgan fingerprint density at radius 2 is 1.45 bits per heavy atom. The van der Waals surface area contributed by atoms with E-state index in [9.17, 15) is 17.5 Å². The molecule has 0 aliphatic carbocycles. The van der Waals surface area contributed by atoms with Crippen LogP contribution in [0.15, 0.2) is 0 Å². The van der Waals surface area contributed by atoms with Crippen LogP contribution in [0.5, 0.6) is 0 Å². The molecule has 0 fully saturated rings. The van der Waals surface area contributed by atoms with Crippen LogP contribution in [-0.2, 0) is 25.8 Å². The zero-order chi connectivity index (χ0) is 14.6. The van der Waals surface area contributed by atoms with E-state index < -0.39 is 21.6 Å². The fourth-order valence-corrected chi connectivity index (χ4v) is 3.12. The van der Waals surface area contributed by atoms with Crippen molar-refractivity contribution < 1.29 is 51.3 Å². The third-order valence-corrected chi connectivity index (χ3v) is 4.59. The van der Waals surface area contributed by atoms with Gasteiger partial charge in [0.05, 0.1) is 0 Å². The fourth-order valence-electron chi connectivity index (χ4n) is 1.73. The largest absolute Gasteiger partial charge is 1.00 e. The molecule has 0 radical (unpaired) electrons. The van der Waals surface area contributed by atoms with Gasteiger partial charge in [0.1, 0.15) is 18.1 Å². The molecule has 0 aromatic heterocycles. The third-order valence-electron chi connectivity index (χ3n) is 2.76. The first kappa shape index (κ1) is 23.4. The van der Waals surface area contributed by atoms with Crippen LogP contribution in [0.3, 0.4) is 0 Å². The molecule has 0 bridgehead atoms. The first-order chi connectivity index (χ1) is 8.95. The van der Waals surface area contributed by atoms with E-state index in [0.717, 1.165) is 19.3 Å². The fraction of sp³-hybridized carbons (Fsp3) is 1.00. The van der Waals surface area contributed by atoms with Crippen LogP contribution in [0.1, 0.15) is 58.3 Å². The van der Waals surface area contributed by atoms with E-state index in [-0.39, 0.29) is 41.9 Å². The van der Waals surface area contributed by atoms with Gasteiger partial charge in [-0.05, 0) is 12.8 Å². The van der Waals surface area contributed by atoms with Crippen molar-refractivity contribution in [3.05, 3.63) is 0 Å². The van der Waals surface area contributed by atoms with Crippen LogP contribution in [0.4, 0.5) is 0 Å². The average Bonchev–Trinajstić information content (AvgIpc) is 2.31. The van der Waals surface area contributed by atoms with Gasteiger partial charge in [0, 0.05) is 0 Å². The molecule has 20 heavy (non-hydrogen) atoms. The molecule has 0 aromatic carbocycles. The van der Waals surface area contributed by atoms with Crippen molar-refractivity contribution in [1.82, 2.24) is 0 Å². The van der Waals surface area contributed by atoms with Gasteiger partial charge in [-0.3, -0.25) is 4.18 Å². The van der Waals surface area contributed by atoms with Crippen molar-refractivity contribution in [2.24, 2.45) is 0 Å². The Morgan fingerprint density at radius 3 is 1.95 bits per heavy atom. The Balaban J connectivity index is 0. The molecule has 0 aromatic rings. The second-order valence-corrected chi connectivity index (χ2v) is 7.30. The Bertz CT molecular complexity index is 298. The number of unbranched alkanes of at least 4 members (excludes halogenated alkanes) is 7. The smallest absolute Gasteiger partial charge is 0.726 e. The second kappa shape index (κ2) is 15.1. The van der Waals surface area contributed by atoms with Crippen LogP contribution in [0, 0.1) is 0 Å². The molecule has 0 saturated carbocycles. The molecule has 0 rings (SSSR count). The molecule has 0 aliphatic heterocycles. The summed E-state index contributed by atoms with van der Waals surface area (Å²) in [7, 11) is -4.64. The van der Waals surface area contributed by atoms with Gasteiger partial charge in [-0.15, -0.1) is 0 Å². The maximum Gasteiger partial charge on any atom is 1.00 e. The van der Waals surface area contributed by atoms with Crippen LogP contribution >= 0.6 is 0 Å². The van der Waals surface area contributed by atoms with Gasteiger partial charge in [0.25, 0.3) is 0 Å². The first-order valence-corrected chi connectivity index (χ1v) is 9.73. The van der Waals surface area contributed by atoms with E-state index in [0.29, 0.717) is 5.75 Å². The topological polar surface area (TPSA) is 89.5 Å². The van der Waals surface area contributed by atoms with Gasteiger partial charge in [0.15, 0.2) is 0 Å². The van der Waals surface area contributed by atoms with Crippen LogP contribution in [0.2, 0.25) is 0 Å². The summed E-state index contributed by atoms with van der Waals surface area (Å²) < 4.78 is 45.9. The minimum atomic E-state index is -4.64. The van der Waals surface area contributed by atoms with Crippen LogP contribution in [-0.4, -0.2) is 35.6 Å². The second-order valence-electron chi connectivity index (χ2n) is 4.55. The predicted molar refractivity (Wildman–Crippen MR) is 76.1 cm³/mol. The number of rotatable bonds is 13. The zero-order valence-electron chi connectivity index (χ0n) is 12.6. The van der Waals surface area contributed by atoms with Gasteiger partial charge in [-0.1, -0.05) is 56.6 Å². The molecule has 0 amide bonds. The normalized spacial score (nSPS) is 12.9. The molecule has 0 spiro atoms. The van der Waals surface area contributed by atoms with Crippen molar-refractivity contribution in [1.29, 1.82) is 0 Å². The van der Waals surface area contributed by atoms with Crippen molar-refractivity contribution in [3.8, 4) is 0 Å². The van der Waals surface area contributed by atoms with E-state index in [1.165, 1.54) is 32.1 Å². The Morgan fingerprint density at radius 1 is 0.950 bits per heavy atom. The van der Waals surface area contributed by atoms with Gasteiger partial charge in [-0.25, -0.2) is 8.42 Å². The maximum absolute atomic E-state index is 11.4. The van der Waals surface area contributed by atoms with E-state index >= 15 is 0 Å². The van der Waals surface area contributed by atoms with Gasteiger partial charge >= 0.3 is 29.6 Å². The first-order valence-electron chi connectivity index (χ1n) is 6.91. The molecule has 0 heterocycles. The number of hydrogen-bond acceptors (Lipinski definition) is 5. The average molecular weight is 336 g/mol. The minimum absolute atomic E-state index is 0. The van der Waals surface area contributed by atoms with Crippen molar-refractivity contribution in [2.45, 2.75) is 58.3 Å². The van der Waals surface area contributed by atoms with E-state index in [1.807, 2.05) is 0 Å². The summed E-state index contributed by atoms with van der Waals surface area (Å²) in [6.45, 7) is 1.91. The molecule has 0 aliphatic rings. The standard InChI is InChI=1S/C12H26O5S2.Na/c1-2-3-4-5-6-7-8-9-11-18(13)12-10-17-19(14,15)16;/h2-12H2,1H3,(H,14,15,16);/q;+1/p-1. The molecule has 1 unspecified atom stereocenters. The molecule has 0 N–H and O–H groups in total. The Kier molecular flexibility index (Phi) is 17.7. The molecular weight excluding hydrogens is 311 g/mol. The molecule has 1 atom stereocenters. The predicted octanol–water partition coefficient (Wildman–Crippen LogP) is -0.643. The molecule has 5 nitrogen and oxygen atoms in total. The summed E-state index contributed by atoms with van der Waals surface area (Å²) in [4.78, 5) is 0. The quantitative estimate of drug-likeness (QED) is 0.147. The van der Waals surface area contributed by atoms with Gasteiger partial charge < -0.3 is 9.11 Å². The molecular formula is C12H25NaO5S2. The Labute approximate surface area is 148 Å². The van der Waals surface area contributed by atoms with Gasteiger partial charge in [0.2, 0.25) is 10.4 Å². The summed E-state index contributed by atoms with van der Waals surface area (Å²) in [5, 5.41) is 0. The molecule has 8 heteroatoms. The van der Waals surface area contributed by atoms with Gasteiger partial charge in [-0.2, -0.15) is 0 Å². The summed E-state index contributed by atoms with van der Waals surface area (Å²) >= 11 is -1.09. The zero-order valence-corrected chi connectivity index (χ0v) is 16.3. The molecule has 116 valence electrons. The monoisotopic (exact) mass is 336 g/mol. The number of hydrogen-bond donors (Lipinski definition) is 0. The van der Waals surface area contributed by atoms with Crippen molar-refractivity contribution in [2.75, 3.05) is 18.1 Å². The summed E-state index contributed by atoms with van der Waals surface area (Å²) in [6, 6.07) is 0.